The highest BCUT2D eigenvalue weighted by molar-refractivity contribution is 6.47. The van der Waals surface area contributed by atoms with Gasteiger partial charge >= 0.3 is 0 Å². The van der Waals surface area contributed by atoms with Crippen molar-refractivity contribution in [3.63, 3.8) is 0 Å². The Kier molecular flexibility index (Phi) is 7.69. The van der Waals surface area contributed by atoms with Gasteiger partial charge in [0.1, 0.15) is 28.6 Å². The molecular weight excluding hydrogens is 506 g/mol. The van der Waals surface area contributed by atoms with Crippen LogP contribution in [0.5, 0.6) is 17.2 Å². The molecule has 0 saturated carbocycles. The Balaban J connectivity index is 1.79. The minimum absolute atomic E-state index is 0.0348. The second kappa shape index (κ2) is 10.8. The van der Waals surface area contributed by atoms with Crippen LogP contribution in [0.2, 0.25) is 5.02 Å². The number of phenols is 1. The molecule has 0 aromatic heterocycles. The fraction of sp³-hybridized carbons (Fsp3) is 0.267. The van der Waals surface area contributed by atoms with Crippen LogP contribution in [-0.4, -0.2) is 39.0 Å². The quantitative estimate of drug-likeness (QED) is 0.211. The molecule has 0 spiro atoms. The van der Waals surface area contributed by atoms with Crippen LogP contribution in [-0.2, 0) is 16.1 Å². The SMILES string of the molecule is CCOc1ccc(Cl)c(/C(O)=C2\C(=O)C(=O)N(Cc3ccc(OC(C)(C)C)cc3)C2c2ccc(O)cc2)c1. The van der Waals surface area contributed by atoms with E-state index in [9.17, 15) is 19.8 Å². The molecule has 1 fully saturated rings. The molecule has 1 heterocycles. The summed E-state index contributed by atoms with van der Waals surface area (Å²) in [6, 6.07) is 17.3. The highest BCUT2D eigenvalue weighted by Gasteiger charge is 2.46. The van der Waals surface area contributed by atoms with Crippen molar-refractivity contribution in [2.75, 3.05) is 6.61 Å². The van der Waals surface area contributed by atoms with Crippen LogP contribution in [0, 0.1) is 0 Å². The van der Waals surface area contributed by atoms with Crippen LogP contribution in [0.3, 0.4) is 0 Å². The molecule has 0 bridgehead atoms. The van der Waals surface area contributed by atoms with Gasteiger partial charge in [-0.2, -0.15) is 0 Å². The summed E-state index contributed by atoms with van der Waals surface area (Å²) in [6.45, 7) is 8.19. The van der Waals surface area contributed by atoms with E-state index in [1.165, 1.54) is 23.1 Å². The number of Topliss-reactive ketones (excluding diaryl/α,β-unsaturated/α-hetero) is 1. The van der Waals surface area contributed by atoms with Gasteiger partial charge in [-0.25, -0.2) is 0 Å². The number of ketones is 1. The molecule has 1 amide bonds. The number of carbonyl (C=O) groups is 2. The summed E-state index contributed by atoms with van der Waals surface area (Å²) in [6.07, 6.45) is 0. The first-order valence-corrected chi connectivity index (χ1v) is 12.6. The van der Waals surface area contributed by atoms with Crippen molar-refractivity contribution in [1.82, 2.24) is 4.90 Å². The summed E-state index contributed by atoms with van der Waals surface area (Å²) in [5.41, 5.74) is 1.05. The predicted octanol–water partition coefficient (Wildman–Crippen LogP) is 6.24. The van der Waals surface area contributed by atoms with Crippen molar-refractivity contribution in [2.24, 2.45) is 0 Å². The Morgan fingerprint density at radius 1 is 0.974 bits per heavy atom. The number of carbonyl (C=O) groups excluding carboxylic acids is 2. The molecule has 3 aromatic rings. The summed E-state index contributed by atoms with van der Waals surface area (Å²) >= 11 is 6.39. The number of halogens is 1. The van der Waals surface area contributed by atoms with Gasteiger partial charge in [-0.1, -0.05) is 35.9 Å². The lowest BCUT2D eigenvalue weighted by Crippen LogP contribution is -2.29. The first-order valence-electron chi connectivity index (χ1n) is 12.3. The smallest absolute Gasteiger partial charge is 0.295 e. The zero-order chi connectivity index (χ0) is 27.6. The van der Waals surface area contributed by atoms with E-state index >= 15 is 0 Å². The topological polar surface area (TPSA) is 96.3 Å². The van der Waals surface area contributed by atoms with E-state index in [2.05, 4.69) is 0 Å². The number of phenolic OH excluding ortho intramolecular Hbond substituents is 1. The number of ether oxygens (including phenoxy) is 2. The fourth-order valence-electron chi connectivity index (χ4n) is 4.35. The van der Waals surface area contributed by atoms with E-state index in [1.807, 2.05) is 52.0 Å². The van der Waals surface area contributed by atoms with E-state index < -0.39 is 23.5 Å². The number of hydrogen-bond acceptors (Lipinski definition) is 6. The Morgan fingerprint density at radius 2 is 1.61 bits per heavy atom. The second-order valence-corrected chi connectivity index (χ2v) is 10.4. The van der Waals surface area contributed by atoms with E-state index in [0.29, 0.717) is 23.7 Å². The van der Waals surface area contributed by atoms with Gasteiger partial charge in [0.05, 0.1) is 23.2 Å². The molecular formula is C30H30ClNO6. The molecule has 1 saturated heterocycles. The molecule has 8 heteroatoms. The molecule has 7 nitrogen and oxygen atoms in total. The third-order valence-electron chi connectivity index (χ3n) is 5.95. The van der Waals surface area contributed by atoms with Gasteiger partial charge < -0.3 is 24.6 Å². The number of aromatic hydroxyl groups is 1. The van der Waals surface area contributed by atoms with Crippen molar-refractivity contribution in [3.05, 3.63) is 94.0 Å². The van der Waals surface area contributed by atoms with Gasteiger partial charge in [0.2, 0.25) is 0 Å². The average molecular weight is 536 g/mol. The lowest BCUT2D eigenvalue weighted by Gasteiger charge is -2.26. The van der Waals surface area contributed by atoms with Crippen molar-refractivity contribution in [1.29, 1.82) is 0 Å². The summed E-state index contributed by atoms with van der Waals surface area (Å²) in [5.74, 6) is -0.798. The van der Waals surface area contributed by atoms with E-state index in [0.717, 1.165) is 5.56 Å². The Labute approximate surface area is 226 Å². The molecule has 1 unspecified atom stereocenters. The van der Waals surface area contributed by atoms with E-state index in [4.69, 9.17) is 21.1 Å². The molecule has 1 atom stereocenters. The third kappa shape index (κ3) is 5.78. The van der Waals surface area contributed by atoms with Crippen LogP contribution < -0.4 is 9.47 Å². The minimum atomic E-state index is -0.909. The zero-order valence-electron chi connectivity index (χ0n) is 21.7. The molecule has 1 aliphatic heterocycles. The van der Waals surface area contributed by atoms with Gasteiger partial charge in [0.25, 0.3) is 11.7 Å². The highest BCUT2D eigenvalue weighted by atomic mass is 35.5. The molecule has 4 rings (SSSR count). The summed E-state index contributed by atoms with van der Waals surface area (Å²) in [5, 5.41) is 21.4. The average Bonchev–Trinajstić information content (AvgIpc) is 3.10. The number of benzene rings is 3. The lowest BCUT2D eigenvalue weighted by molar-refractivity contribution is -0.140. The minimum Gasteiger partial charge on any atom is -0.508 e. The van der Waals surface area contributed by atoms with Crippen LogP contribution in [0.25, 0.3) is 5.76 Å². The molecule has 1 aliphatic rings. The normalized spacial score (nSPS) is 17.1. The van der Waals surface area contributed by atoms with Crippen molar-refractivity contribution < 1.29 is 29.3 Å². The molecule has 2 N–H and O–H groups in total. The standard InChI is InChI=1S/C30H30ClNO6/c1-5-37-22-14-15-24(31)23(16-22)27(34)25-26(19-8-10-20(33)11-9-19)32(29(36)28(25)35)17-18-6-12-21(13-7-18)38-30(2,3)4/h6-16,26,33-34H,5,17H2,1-4H3/b27-25+. The van der Waals surface area contributed by atoms with Crippen molar-refractivity contribution in [2.45, 2.75) is 45.9 Å². The number of nitrogens with zero attached hydrogens (tertiary/aromatic N) is 1. The van der Waals surface area contributed by atoms with Crippen LogP contribution in [0.4, 0.5) is 0 Å². The van der Waals surface area contributed by atoms with Gasteiger partial charge in [-0.3, -0.25) is 9.59 Å². The van der Waals surface area contributed by atoms with Crippen molar-refractivity contribution >= 4 is 29.1 Å². The maximum atomic E-state index is 13.4. The number of rotatable bonds is 7. The molecule has 3 aromatic carbocycles. The Hall–Kier alpha value is -3.97. The largest absolute Gasteiger partial charge is 0.508 e. The first-order chi connectivity index (χ1) is 18.0. The third-order valence-corrected chi connectivity index (χ3v) is 6.28. The highest BCUT2D eigenvalue weighted by Crippen LogP contribution is 2.42. The van der Waals surface area contributed by atoms with Gasteiger partial charge in [0, 0.05) is 12.1 Å². The monoisotopic (exact) mass is 535 g/mol. The van der Waals surface area contributed by atoms with Gasteiger partial charge in [0.15, 0.2) is 0 Å². The first kappa shape index (κ1) is 27.1. The summed E-state index contributed by atoms with van der Waals surface area (Å²) in [4.78, 5) is 28.1. The maximum absolute atomic E-state index is 13.4. The molecule has 0 radical (unpaired) electrons. The molecule has 38 heavy (non-hydrogen) atoms. The predicted molar refractivity (Wildman–Crippen MR) is 145 cm³/mol. The molecule has 198 valence electrons. The van der Waals surface area contributed by atoms with Crippen LogP contribution >= 0.6 is 11.6 Å². The number of likely N-dealkylation sites (tertiary alicyclic amines) is 1. The molecule has 0 aliphatic carbocycles. The van der Waals surface area contributed by atoms with Gasteiger partial charge in [-0.05, 0) is 81.3 Å². The number of amides is 1. The van der Waals surface area contributed by atoms with Crippen molar-refractivity contribution in [3.8, 4) is 17.2 Å². The van der Waals surface area contributed by atoms with Crippen LogP contribution in [0.15, 0.2) is 72.3 Å². The maximum Gasteiger partial charge on any atom is 0.295 e. The zero-order valence-corrected chi connectivity index (χ0v) is 22.5. The fourth-order valence-corrected chi connectivity index (χ4v) is 4.55. The summed E-state index contributed by atoms with van der Waals surface area (Å²) < 4.78 is 11.4. The Morgan fingerprint density at radius 3 is 2.21 bits per heavy atom. The Bertz CT molecular complexity index is 1370. The second-order valence-electron chi connectivity index (χ2n) is 9.95. The summed E-state index contributed by atoms with van der Waals surface area (Å²) in [7, 11) is 0. The number of aliphatic hydroxyl groups excluding tert-OH is 1. The lowest BCUT2D eigenvalue weighted by atomic mass is 9.95. The van der Waals surface area contributed by atoms with Crippen LogP contribution in [0.1, 0.15) is 50.4 Å². The van der Waals surface area contributed by atoms with E-state index in [-0.39, 0.29) is 34.1 Å². The number of aliphatic hydroxyl groups is 1. The van der Waals surface area contributed by atoms with E-state index in [1.54, 1.807) is 24.3 Å². The number of hydrogen-bond donors (Lipinski definition) is 2. The van der Waals surface area contributed by atoms with Gasteiger partial charge in [-0.15, -0.1) is 0 Å².